The molecule has 1 N–H and O–H groups in total. The molecule has 0 aliphatic carbocycles. The Hall–Kier alpha value is -3.54. The van der Waals surface area contributed by atoms with Crippen LogP contribution in [0.3, 0.4) is 0 Å². The fourth-order valence-corrected chi connectivity index (χ4v) is 2.73. The molecule has 0 saturated carbocycles. The summed E-state index contributed by atoms with van der Waals surface area (Å²) in [4.78, 5) is 20.5. The number of nitrogens with zero attached hydrogens (tertiary/aromatic N) is 2. The Labute approximate surface area is 148 Å². The summed E-state index contributed by atoms with van der Waals surface area (Å²) in [5.41, 5.74) is 3.95. The van der Waals surface area contributed by atoms with E-state index in [0.717, 1.165) is 27.7 Å². The number of hydrogen-bond donors (Lipinski definition) is 1. The largest absolute Gasteiger partial charge is 0.441 e. The zero-order chi connectivity index (χ0) is 18.1. The fraction of sp³-hybridized carbons (Fsp3) is 0.0500. The summed E-state index contributed by atoms with van der Waals surface area (Å²) in [7, 11) is 0. The van der Waals surface area contributed by atoms with E-state index in [-0.39, 0.29) is 11.7 Å². The van der Waals surface area contributed by atoms with Crippen molar-refractivity contribution in [2.45, 2.75) is 6.92 Å². The second-order valence-corrected chi connectivity index (χ2v) is 5.85. The molecule has 1 amide bonds. The predicted octanol–water partition coefficient (Wildman–Crippen LogP) is 4.59. The molecule has 128 valence electrons. The molecule has 2 aromatic carbocycles. The van der Waals surface area contributed by atoms with E-state index in [9.17, 15) is 9.18 Å². The van der Waals surface area contributed by atoms with Crippen molar-refractivity contribution in [3.63, 3.8) is 0 Å². The number of pyridine rings is 1. The van der Waals surface area contributed by atoms with Crippen LogP contribution in [0.1, 0.15) is 16.2 Å². The summed E-state index contributed by atoms with van der Waals surface area (Å²) in [5.74, 6) is -0.678. The Balaban J connectivity index is 1.63. The van der Waals surface area contributed by atoms with Crippen LogP contribution in [-0.2, 0) is 0 Å². The lowest BCUT2D eigenvalue weighted by atomic mass is 10.1. The molecule has 2 aromatic heterocycles. The number of aryl methyl sites for hydroxylation is 1. The second kappa shape index (κ2) is 6.40. The highest BCUT2D eigenvalue weighted by Crippen LogP contribution is 2.26. The third-order valence-electron chi connectivity index (χ3n) is 4.05. The average molecular weight is 347 g/mol. The molecule has 6 heteroatoms. The molecular formula is C20H14FN3O2. The van der Waals surface area contributed by atoms with Crippen LogP contribution in [-0.4, -0.2) is 15.9 Å². The first-order valence-corrected chi connectivity index (χ1v) is 7.98. The summed E-state index contributed by atoms with van der Waals surface area (Å²) in [6.07, 6.45) is 2.77. The normalized spacial score (nSPS) is 10.8. The lowest BCUT2D eigenvalue weighted by molar-refractivity contribution is 0.0990. The van der Waals surface area contributed by atoms with E-state index in [1.54, 1.807) is 6.07 Å². The first kappa shape index (κ1) is 16.0. The van der Waals surface area contributed by atoms with Gasteiger partial charge in [-0.25, -0.2) is 14.4 Å². The number of amides is 1. The molecule has 0 aliphatic heterocycles. The highest BCUT2D eigenvalue weighted by Gasteiger charge is 2.12. The van der Waals surface area contributed by atoms with E-state index < -0.39 is 5.91 Å². The highest BCUT2D eigenvalue weighted by atomic mass is 19.1. The van der Waals surface area contributed by atoms with Gasteiger partial charge in [0.15, 0.2) is 0 Å². The van der Waals surface area contributed by atoms with Crippen LogP contribution in [0.5, 0.6) is 0 Å². The molecule has 0 radical (unpaired) electrons. The van der Waals surface area contributed by atoms with Gasteiger partial charge in [-0.05, 0) is 48.9 Å². The van der Waals surface area contributed by atoms with Gasteiger partial charge < -0.3 is 9.73 Å². The van der Waals surface area contributed by atoms with E-state index in [2.05, 4.69) is 15.3 Å². The van der Waals surface area contributed by atoms with Crippen LogP contribution in [0.4, 0.5) is 10.1 Å². The van der Waals surface area contributed by atoms with Gasteiger partial charge in [-0.3, -0.25) is 4.79 Å². The SMILES string of the molecule is Cc1cc(-c2ccc3cc(F)ccc3n2)ccc1NC(=O)c1ncco1. The number of benzene rings is 2. The molecular weight excluding hydrogens is 333 g/mol. The zero-order valence-electron chi connectivity index (χ0n) is 13.9. The van der Waals surface area contributed by atoms with Crippen LogP contribution in [0.15, 0.2) is 65.4 Å². The minimum absolute atomic E-state index is 0.0110. The minimum Gasteiger partial charge on any atom is -0.441 e. The average Bonchev–Trinajstić information content (AvgIpc) is 3.18. The van der Waals surface area contributed by atoms with Crippen LogP contribution < -0.4 is 5.32 Å². The van der Waals surface area contributed by atoms with Crippen molar-refractivity contribution in [2.75, 3.05) is 5.32 Å². The molecule has 0 atom stereocenters. The molecule has 5 nitrogen and oxygen atoms in total. The maximum atomic E-state index is 13.3. The van der Waals surface area contributed by atoms with E-state index in [1.807, 2.05) is 37.3 Å². The molecule has 4 aromatic rings. The number of halogens is 1. The van der Waals surface area contributed by atoms with Gasteiger partial charge in [-0.2, -0.15) is 0 Å². The van der Waals surface area contributed by atoms with Gasteiger partial charge in [0.1, 0.15) is 12.1 Å². The number of oxazole rings is 1. The molecule has 0 fully saturated rings. The summed E-state index contributed by atoms with van der Waals surface area (Å²) in [5, 5.41) is 3.52. The first-order valence-electron chi connectivity index (χ1n) is 7.98. The standard InChI is InChI=1S/C20H14FN3O2/c1-12-10-13(2-5-16(12)24-19(25)20-22-8-9-26-20)17-6-3-14-11-15(21)4-7-18(14)23-17/h2-11H,1H3,(H,24,25). The van der Waals surface area contributed by atoms with Gasteiger partial charge in [0.25, 0.3) is 5.89 Å². The molecule has 26 heavy (non-hydrogen) atoms. The summed E-state index contributed by atoms with van der Waals surface area (Å²) < 4.78 is 18.3. The molecule has 0 bridgehead atoms. The van der Waals surface area contributed by atoms with Gasteiger partial charge in [0.05, 0.1) is 17.4 Å². The molecule has 0 spiro atoms. The number of aromatic nitrogens is 2. The highest BCUT2D eigenvalue weighted by molar-refractivity contribution is 6.01. The number of carbonyl (C=O) groups excluding carboxylic acids is 1. The maximum absolute atomic E-state index is 13.3. The fourth-order valence-electron chi connectivity index (χ4n) is 2.73. The van der Waals surface area contributed by atoms with Gasteiger partial charge in [0.2, 0.25) is 0 Å². The minimum atomic E-state index is -0.406. The van der Waals surface area contributed by atoms with Crippen molar-refractivity contribution in [2.24, 2.45) is 0 Å². The predicted molar refractivity (Wildman–Crippen MR) is 96.3 cm³/mol. The summed E-state index contributed by atoms with van der Waals surface area (Å²) >= 11 is 0. The topological polar surface area (TPSA) is 68.0 Å². The molecule has 0 aliphatic rings. The van der Waals surface area contributed by atoms with E-state index in [4.69, 9.17) is 4.42 Å². The van der Waals surface area contributed by atoms with Gasteiger partial charge in [-0.15, -0.1) is 0 Å². The quantitative estimate of drug-likeness (QED) is 0.588. The van der Waals surface area contributed by atoms with Crippen molar-refractivity contribution < 1.29 is 13.6 Å². The molecule has 0 saturated heterocycles. The Morgan fingerprint density at radius 2 is 2.00 bits per heavy atom. The van der Waals surface area contributed by atoms with Crippen molar-refractivity contribution in [1.29, 1.82) is 0 Å². The van der Waals surface area contributed by atoms with Crippen LogP contribution in [0, 0.1) is 12.7 Å². The monoisotopic (exact) mass is 347 g/mol. The first-order chi connectivity index (χ1) is 12.6. The summed E-state index contributed by atoms with van der Waals surface area (Å²) in [6, 6.07) is 13.8. The van der Waals surface area contributed by atoms with Crippen molar-refractivity contribution in [3.05, 3.63) is 78.3 Å². The van der Waals surface area contributed by atoms with Crippen molar-refractivity contribution in [1.82, 2.24) is 9.97 Å². The smallest absolute Gasteiger partial charge is 0.311 e. The second-order valence-electron chi connectivity index (χ2n) is 5.85. The number of carbonyl (C=O) groups is 1. The van der Waals surface area contributed by atoms with Crippen molar-refractivity contribution in [3.8, 4) is 11.3 Å². The number of hydrogen-bond acceptors (Lipinski definition) is 4. The van der Waals surface area contributed by atoms with Gasteiger partial charge in [-0.1, -0.05) is 12.1 Å². The van der Waals surface area contributed by atoms with Crippen LogP contribution in [0.2, 0.25) is 0 Å². The molecule has 4 rings (SSSR count). The van der Waals surface area contributed by atoms with E-state index in [1.165, 1.54) is 24.6 Å². The Kier molecular flexibility index (Phi) is 3.93. The lowest BCUT2D eigenvalue weighted by Gasteiger charge is -2.09. The van der Waals surface area contributed by atoms with E-state index in [0.29, 0.717) is 5.69 Å². The lowest BCUT2D eigenvalue weighted by Crippen LogP contribution is -2.13. The number of anilines is 1. The number of fused-ring (bicyclic) bond motifs is 1. The Morgan fingerprint density at radius 3 is 2.77 bits per heavy atom. The van der Waals surface area contributed by atoms with E-state index >= 15 is 0 Å². The third-order valence-corrected chi connectivity index (χ3v) is 4.05. The Morgan fingerprint density at radius 1 is 1.12 bits per heavy atom. The number of rotatable bonds is 3. The van der Waals surface area contributed by atoms with Crippen molar-refractivity contribution >= 4 is 22.5 Å². The maximum Gasteiger partial charge on any atom is 0.311 e. The van der Waals surface area contributed by atoms with Crippen LogP contribution >= 0.6 is 0 Å². The number of nitrogens with one attached hydrogen (secondary N) is 1. The third kappa shape index (κ3) is 3.04. The van der Waals surface area contributed by atoms with Gasteiger partial charge >= 0.3 is 5.91 Å². The van der Waals surface area contributed by atoms with Gasteiger partial charge in [0, 0.05) is 16.6 Å². The Bertz CT molecular complexity index is 1110. The summed E-state index contributed by atoms with van der Waals surface area (Å²) in [6.45, 7) is 1.89. The zero-order valence-corrected chi connectivity index (χ0v) is 13.9. The molecule has 2 heterocycles. The van der Waals surface area contributed by atoms with Crippen LogP contribution in [0.25, 0.3) is 22.2 Å². The molecule has 0 unspecified atom stereocenters.